The fourth-order valence-corrected chi connectivity index (χ4v) is 2.43. The molecule has 0 saturated carbocycles. The molecular weight excluding hydrogens is 322 g/mol. The highest BCUT2D eigenvalue weighted by atomic mass is 16.6. The third-order valence-corrected chi connectivity index (χ3v) is 3.64. The van der Waals surface area contributed by atoms with Crippen molar-refractivity contribution in [3.8, 4) is 5.75 Å². The van der Waals surface area contributed by atoms with Crippen molar-refractivity contribution in [2.75, 3.05) is 4.90 Å². The van der Waals surface area contributed by atoms with Crippen LogP contribution in [0.5, 0.6) is 5.75 Å². The minimum absolute atomic E-state index is 0.00471. The molecule has 0 unspecified atom stereocenters. The second-order valence-corrected chi connectivity index (χ2v) is 5.23. The highest BCUT2D eigenvalue weighted by Gasteiger charge is 2.14. The van der Waals surface area contributed by atoms with Crippen molar-refractivity contribution in [3.05, 3.63) is 87.8 Å². The molecule has 0 aromatic heterocycles. The SMILES string of the molecule is O=Nc1ccc(N(c2ccc(O)cc2)c2ccc([N+](=O)[O-])cc2)cc1. The average molecular weight is 335 g/mol. The van der Waals surface area contributed by atoms with Gasteiger partial charge in [-0.3, -0.25) is 10.1 Å². The van der Waals surface area contributed by atoms with Crippen LogP contribution in [0.3, 0.4) is 0 Å². The van der Waals surface area contributed by atoms with Gasteiger partial charge < -0.3 is 10.0 Å². The molecule has 0 aliphatic heterocycles. The van der Waals surface area contributed by atoms with Crippen molar-refractivity contribution in [3.63, 3.8) is 0 Å². The summed E-state index contributed by atoms with van der Waals surface area (Å²) in [5.74, 6) is 0.132. The number of non-ortho nitro benzene ring substituents is 1. The number of phenols is 1. The number of hydrogen-bond donors (Lipinski definition) is 1. The van der Waals surface area contributed by atoms with Crippen molar-refractivity contribution in [1.82, 2.24) is 0 Å². The second kappa shape index (κ2) is 6.79. The van der Waals surface area contributed by atoms with Gasteiger partial charge in [-0.05, 0) is 65.8 Å². The van der Waals surface area contributed by atoms with Gasteiger partial charge in [-0.15, -0.1) is 4.91 Å². The quantitative estimate of drug-likeness (QED) is 0.394. The summed E-state index contributed by atoms with van der Waals surface area (Å²) in [6.45, 7) is 0. The molecule has 0 radical (unpaired) electrons. The van der Waals surface area contributed by atoms with E-state index in [9.17, 15) is 20.1 Å². The third-order valence-electron chi connectivity index (χ3n) is 3.64. The normalized spacial score (nSPS) is 10.2. The predicted octanol–water partition coefficient (Wildman–Crippen LogP) is 5.17. The first-order chi connectivity index (χ1) is 12.1. The molecule has 124 valence electrons. The van der Waals surface area contributed by atoms with Gasteiger partial charge in [0.15, 0.2) is 0 Å². The predicted molar refractivity (Wildman–Crippen MR) is 94.9 cm³/mol. The van der Waals surface area contributed by atoms with Gasteiger partial charge in [0.1, 0.15) is 11.4 Å². The molecule has 0 bridgehead atoms. The molecule has 0 fully saturated rings. The largest absolute Gasteiger partial charge is 0.508 e. The lowest BCUT2D eigenvalue weighted by molar-refractivity contribution is -0.384. The fraction of sp³-hybridized carbons (Fsp3) is 0. The van der Waals surface area contributed by atoms with E-state index in [1.54, 1.807) is 60.7 Å². The van der Waals surface area contributed by atoms with Crippen LogP contribution in [0.15, 0.2) is 78.0 Å². The Morgan fingerprint density at radius 1 is 0.800 bits per heavy atom. The van der Waals surface area contributed by atoms with Crippen LogP contribution in [-0.4, -0.2) is 10.0 Å². The molecular formula is C18H13N3O4. The molecule has 0 aliphatic rings. The van der Waals surface area contributed by atoms with Crippen molar-refractivity contribution < 1.29 is 10.0 Å². The first-order valence-electron chi connectivity index (χ1n) is 7.35. The Morgan fingerprint density at radius 2 is 1.24 bits per heavy atom. The topological polar surface area (TPSA) is 96.0 Å². The lowest BCUT2D eigenvalue weighted by Gasteiger charge is -2.25. The van der Waals surface area contributed by atoms with E-state index in [-0.39, 0.29) is 11.4 Å². The maximum atomic E-state index is 10.9. The van der Waals surface area contributed by atoms with Crippen LogP contribution in [0.4, 0.5) is 28.4 Å². The zero-order valence-electron chi connectivity index (χ0n) is 12.9. The number of hydrogen-bond acceptors (Lipinski definition) is 6. The molecule has 0 spiro atoms. The van der Waals surface area contributed by atoms with Crippen LogP contribution in [0, 0.1) is 15.0 Å². The van der Waals surface area contributed by atoms with Gasteiger partial charge in [0.05, 0.1) is 4.92 Å². The van der Waals surface area contributed by atoms with E-state index in [0.29, 0.717) is 11.4 Å². The summed E-state index contributed by atoms with van der Waals surface area (Å²) in [5.41, 5.74) is 2.49. The van der Waals surface area contributed by atoms with E-state index < -0.39 is 4.92 Å². The van der Waals surface area contributed by atoms with E-state index in [2.05, 4.69) is 5.18 Å². The number of aromatic hydroxyl groups is 1. The van der Waals surface area contributed by atoms with Crippen LogP contribution in [-0.2, 0) is 0 Å². The lowest BCUT2D eigenvalue weighted by Crippen LogP contribution is -2.09. The Kier molecular flexibility index (Phi) is 4.38. The van der Waals surface area contributed by atoms with Gasteiger partial charge in [0.25, 0.3) is 5.69 Å². The van der Waals surface area contributed by atoms with Crippen molar-refractivity contribution in [1.29, 1.82) is 0 Å². The summed E-state index contributed by atoms with van der Waals surface area (Å²) in [5, 5.41) is 23.2. The Bertz CT molecular complexity index is 891. The molecule has 3 rings (SSSR count). The van der Waals surface area contributed by atoms with Gasteiger partial charge in [-0.1, -0.05) is 0 Å². The van der Waals surface area contributed by atoms with Crippen molar-refractivity contribution in [2.24, 2.45) is 5.18 Å². The number of nitro benzene ring substituents is 1. The maximum Gasteiger partial charge on any atom is 0.269 e. The van der Waals surface area contributed by atoms with Crippen LogP contribution in [0.25, 0.3) is 0 Å². The summed E-state index contributed by atoms with van der Waals surface area (Å²) in [7, 11) is 0. The lowest BCUT2D eigenvalue weighted by atomic mass is 10.1. The monoisotopic (exact) mass is 335 g/mol. The molecule has 3 aromatic rings. The number of anilines is 3. The van der Waals surface area contributed by atoms with Crippen LogP contribution in [0.2, 0.25) is 0 Å². The third kappa shape index (κ3) is 3.45. The number of rotatable bonds is 5. The minimum atomic E-state index is -0.459. The van der Waals surface area contributed by atoms with Gasteiger partial charge in [-0.25, -0.2) is 0 Å². The van der Waals surface area contributed by atoms with Gasteiger partial charge >= 0.3 is 0 Å². The van der Waals surface area contributed by atoms with Crippen molar-refractivity contribution in [2.45, 2.75) is 0 Å². The number of nitro groups is 1. The maximum absolute atomic E-state index is 10.9. The number of nitrogens with zero attached hydrogens (tertiary/aromatic N) is 3. The molecule has 7 nitrogen and oxygen atoms in total. The van der Waals surface area contributed by atoms with Crippen LogP contribution < -0.4 is 4.90 Å². The van der Waals surface area contributed by atoms with E-state index in [0.717, 1.165) is 11.4 Å². The molecule has 1 N–H and O–H groups in total. The van der Waals surface area contributed by atoms with Crippen LogP contribution in [0.1, 0.15) is 0 Å². The average Bonchev–Trinajstić information content (AvgIpc) is 2.64. The van der Waals surface area contributed by atoms with E-state index in [1.807, 2.05) is 4.90 Å². The van der Waals surface area contributed by atoms with Gasteiger partial charge in [-0.2, -0.15) is 0 Å². The Labute approximate surface area is 142 Å². The molecule has 0 heterocycles. The summed E-state index contributed by atoms with van der Waals surface area (Å²) >= 11 is 0. The molecule has 7 heteroatoms. The molecule has 0 aliphatic carbocycles. The highest BCUT2D eigenvalue weighted by Crippen LogP contribution is 2.36. The van der Waals surface area contributed by atoms with E-state index in [4.69, 9.17) is 0 Å². The summed E-state index contributed by atoms with van der Waals surface area (Å²) in [6, 6.07) is 19.3. The molecule has 25 heavy (non-hydrogen) atoms. The molecule has 3 aromatic carbocycles. The molecule has 0 amide bonds. The van der Waals surface area contributed by atoms with Gasteiger partial charge in [0.2, 0.25) is 0 Å². The number of nitroso groups, excluding NO2 is 1. The Hall–Kier alpha value is -3.74. The van der Waals surface area contributed by atoms with Gasteiger partial charge in [0, 0.05) is 29.2 Å². The fourth-order valence-electron chi connectivity index (χ4n) is 2.43. The summed E-state index contributed by atoms with van der Waals surface area (Å²) in [4.78, 5) is 22.9. The highest BCUT2D eigenvalue weighted by molar-refractivity contribution is 5.77. The molecule has 0 atom stereocenters. The van der Waals surface area contributed by atoms with E-state index >= 15 is 0 Å². The second-order valence-electron chi connectivity index (χ2n) is 5.23. The first kappa shape index (κ1) is 16.1. The van der Waals surface area contributed by atoms with Crippen LogP contribution >= 0.6 is 0 Å². The summed E-state index contributed by atoms with van der Waals surface area (Å²) < 4.78 is 0. The first-order valence-corrected chi connectivity index (χ1v) is 7.35. The standard InChI is InChI=1S/C18H13N3O4/c22-18-11-9-16(10-12-18)20(14-3-1-13(19-23)2-4-14)15-5-7-17(8-6-15)21(24)25/h1-12,22H. The number of benzene rings is 3. The number of phenolic OH excluding ortho intramolecular Hbond substituents is 1. The zero-order chi connectivity index (χ0) is 17.8. The smallest absolute Gasteiger partial charge is 0.269 e. The molecule has 0 saturated heterocycles. The van der Waals surface area contributed by atoms with E-state index in [1.165, 1.54) is 12.1 Å². The van der Waals surface area contributed by atoms with Crippen molar-refractivity contribution >= 4 is 28.4 Å². The zero-order valence-corrected chi connectivity index (χ0v) is 12.9. The Morgan fingerprint density at radius 3 is 1.68 bits per heavy atom. The Balaban J connectivity index is 2.08. The minimum Gasteiger partial charge on any atom is -0.508 e. The summed E-state index contributed by atoms with van der Waals surface area (Å²) in [6.07, 6.45) is 0.